The van der Waals surface area contributed by atoms with Crippen LogP contribution in [0.4, 0.5) is 5.69 Å². The summed E-state index contributed by atoms with van der Waals surface area (Å²) in [7, 11) is 0. The molecule has 3 heterocycles. The van der Waals surface area contributed by atoms with Gasteiger partial charge in [-0.1, -0.05) is 24.1 Å². The van der Waals surface area contributed by atoms with Crippen LogP contribution in [0, 0.1) is 12.3 Å². The Morgan fingerprint density at radius 3 is 2.82 bits per heavy atom. The maximum absolute atomic E-state index is 13.3. The topological polar surface area (TPSA) is 99.5 Å². The van der Waals surface area contributed by atoms with Gasteiger partial charge < -0.3 is 20.5 Å². The minimum Gasteiger partial charge on any atom is -0.370 e. The minimum absolute atomic E-state index is 0.0522. The van der Waals surface area contributed by atoms with Gasteiger partial charge in [-0.05, 0) is 24.4 Å². The summed E-state index contributed by atoms with van der Waals surface area (Å²) < 4.78 is 0. The van der Waals surface area contributed by atoms with Crippen LogP contribution in [0.15, 0.2) is 41.9 Å². The van der Waals surface area contributed by atoms with Gasteiger partial charge in [0.2, 0.25) is 17.7 Å². The number of thiophene rings is 1. The van der Waals surface area contributed by atoms with Crippen molar-refractivity contribution in [1.29, 1.82) is 0 Å². The van der Waals surface area contributed by atoms with Gasteiger partial charge in [0.25, 0.3) is 0 Å². The van der Waals surface area contributed by atoms with Gasteiger partial charge in [0, 0.05) is 48.6 Å². The van der Waals surface area contributed by atoms with Crippen LogP contribution < -0.4 is 10.6 Å². The van der Waals surface area contributed by atoms with Crippen molar-refractivity contribution in [3.8, 4) is 12.3 Å². The molecule has 0 saturated carbocycles. The Balaban J connectivity index is 1.57. The number of thioether (sulfide) groups is 1. The highest BCUT2D eigenvalue weighted by Gasteiger charge is 2.43. The van der Waals surface area contributed by atoms with Crippen molar-refractivity contribution in [2.75, 3.05) is 18.0 Å². The zero-order valence-electron chi connectivity index (χ0n) is 18.1. The molecule has 2 aromatic heterocycles. The lowest BCUT2D eigenvalue weighted by Crippen LogP contribution is -2.37. The van der Waals surface area contributed by atoms with E-state index in [2.05, 4.69) is 10.9 Å². The van der Waals surface area contributed by atoms with E-state index in [0.29, 0.717) is 6.54 Å². The second kappa shape index (κ2) is 9.73. The zero-order valence-corrected chi connectivity index (χ0v) is 19.7. The quantitative estimate of drug-likeness (QED) is 0.482. The molecular weight excluding hydrogens is 456 g/mol. The number of terminal acetylenes is 1. The van der Waals surface area contributed by atoms with Gasteiger partial charge in [-0.2, -0.15) is 0 Å². The second-order valence-electron chi connectivity index (χ2n) is 7.63. The Morgan fingerprint density at radius 1 is 1.30 bits per heavy atom. The Labute approximate surface area is 200 Å². The molecule has 9 heteroatoms. The van der Waals surface area contributed by atoms with E-state index >= 15 is 0 Å². The number of hydrogen-bond acceptors (Lipinski definition) is 5. The number of nitrogens with two attached hydrogens (primary N) is 1. The largest absolute Gasteiger partial charge is 0.370 e. The zero-order chi connectivity index (χ0) is 23.5. The Morgan fingerprint density at radius 2 is 2.09 bits per heavy atom. The van der Waals surface area contributed by atoms with Crippen LogP contribution in [0.5, 0.6) is 0 Å². The van der Waals surface area contributed by atoms with Crippen LogP contribution in [0.25, 0.3) is 10.9 Å². The number of fused-ring (bicyclic) bond motifs is 1. The van der Waals surface area contributed by atoms with Crippen LogP contribution in [0.1, 0.15) is 35.6 Å². The molecule has 33 heavy (non-hydrogen) atoms. The van der Waals surface area contributed by atoms with Gasteiger partial charge in [-0.15, -0.1) is 29.5 Å². The van der Waals surface area contributed by atoms with E-state index in [0.717, 1.165) is 27.0 Å². The molecule has 3 aromatic rings. The standard InChI is InChI=1S/C24H24N4O3S2/c1-3-15-10-12-32-22(15)24-28(11-9-20(25)29)23(31)19(33-24)13-21(30)27(4-2)18-14-26-17-8-6-5-7-16(17)18/h1,5-8,10,12,14,19,24,26H,4,9,11,13H2,2H3,(H2,25,29)/t19-,24+/m1/s1. The Hall–Kier alpha value is -3.22. The molecule has 170 valence electrons. The molecule has 1 aliphatic heterocycles. The van der Waals surface area contributed by atoms with Crippen molar-refractivity contribution >= 4 is 57.4 Å². The van der Waals surface area contributed by atoms with E-state index in [9.17, 15) is 14.4 Å². The van der Waals surface area contributed by atoms with Crippen LogP contribution in [-0.2, 0) is 14.4 Å². The number of aromatic nitrogens is 1. The lowest BCUT2D eigenvalue weighted by Gasteiger charge is -2.23. The van der Waals surface area contributed by atoms with E-state index < -0.39 is 11.2 Å². The first-order valence-corrected chi connectivity index (χ1v) is 12.4. The number of para-hydroxylation sites is 1. The number of anilines is 1. The minimum atomic E-state index is -0.567. The van der Waals surface area contributed by atoms with Crippen LogP contribution in [0.2, 0.25) is 0 Å². The Bertz CT molecular complexity index is 1240. The molecule has 1 aromatic carbocycles. The number of rotatable bonds is 8. The summed E-state index contributed by atoms with van der Waals surface area (Å²) in [4.78, 5) is 45.4. The summed E-state index contributed by atoms with van der Waals surface area (Å²) in [6.07, 6.45) is 7.57. The third-order valence-electron chi connectivity index (χ3n) is 5.64. The van der Waals surface area contributed by atoms with E-state index in [1.54, 1.807) is 9.80 Å². The van der Waals surface area contributed by atoms with Gasteiger partial charge in [-0.25, -0.2) is 0 Å². The number of H-pyrrole nitrogens is 1. The van der Waals surface area contributed by atoms with E-state index in [1.807, 2.05) is 48.8 Å². The molecule has 3 N–H and O–H groups in total. The monoisotopic (exact) mass is 480 g/mol. The average Bonchev–Trinajstić information content (AvgIpc) is 3.51. The molecule has 0 spiro atoms. The number of benzene rings is 1. The number of aromatic amines is 1. The first-order valence-electron chi connectivity index (χ1n) is 10.6. The maximum atomic E-state index is 13.3. The molecule has 1 fully saturated rings. The van der Waals surface area contributed by atoms with Crippen molar-refractivity contribution in [2.45, 2.75) is 30.4 Å². The fourth-order valence-corrected chi connectivity index (χ4v) is 6.64. The summed E-state index contributed by atoms with van der Waals surface area (Å²) in [5.41, 5.74) is 7.79. The van der Waals surface area contributed by atoms with E-state index in [-0.39, 0.29) is 36.6 Å². The lowest BCUT2D eigenvalue weighted by atomic mass is 10.2. The molecule has 0 radical (unpaired) electrons. The molecule has 0 aliphatic carbocycles. The van der Waals surface area contributed by atoms with Crippen LogP contribution in [0.3, 0.4) is 0 Å². The molecule has 1 saturated heterocycles. The molecule has 4 rings (SSSR count). The fourth-order valence-electron chi connectivity index (χ4n) is 4.05. The third-order valence-corrected chi connectivity index (χ3v) is 8.21. The highest BCUT2D eigenvalue weighted by Crippen LogP contribution is 2.47. The van der Waals surface area contributed by atoms with Gasteiger partial charge in [-0.3, -0.25) is 14.4 Å². The number of primary amides is 1. The fraction of sp³-hybridized carbons (Fsp3) is 0.292. The third kappa shape index (κ3) is 4.49. The molecular formula is C24H24N4O3S2. The second-order valence-corrected chi connectivity index (χ2v) is 9.86. The summed E-state index contributed by atoms with van der Waals surface area (Å²) in [6, 6.07) is 9.63. The highest BCUT2D eigenvalue weighted by atomic mass is 32.2. The van der Waals surface area contributed by atoms with Gasteiger partial charge in [0.15, 0.2) is 0 Å². The smallest absolute Gasteiger partial charge is 0.237 e. The highest BCUT2D eigenvalue weighted by molar-refractivity contribution is 8.01. The molecule has 0 unspecified atom stereocenters. The summed E-state index contributed by atoms with van der Waals surface area (Å²) in [6.45, 7) is 2.59. The van der Waals surface area contributed by atoms with Crippen molar-refractivity contribution < 1.29 is 14.4 Å². The maximum Gasteiger partial charge on any atom is 0.237 e. The van der Waals surface area contributed by atoms with Gasteiger partial charge >= 0.3 is 0 Å². The van der Waals surface area contributed by atoms with Crippen LogP contribution >= 0.6 is 23.1 Å². The first kappa shape index (κ1) is 23.0. The summed E-state index contributed by atoms with van der Waals surface area (Å²) >= 11 is 2.88. The normalized spacial score (nSPS) is 17.9. The van der Waals surface area contributed by atoms with Crippen molar-refractivity contribution in [1.82, 2.24) is 9.88 Å². The number of carbonyl (C=O) groups is 3. The Kier molecular flexibility index (Phi) is 6.77. The molecule has 7 nitrogen and oxygen atoms in total. The predicted molar refractivity (Wildman–Crippen MR) is 133 cm³/mol. The van der Waals surface area contributed by atoms with Gasteiger partial charge in [0.1, 0.15) is 5.37 Å². The van der Waals surface area contributed by atoms with E-state index in [1.165, 1.54) is 23.1 Å². The summed E-state index contributed by atoms with van der Waals surface area (Å²) in [5, 5.41) is 1.93. The molecule has 0 bridgehead atoms. The first-order chi connectivity index (χ1) is 15.9. The number of hydrogen-bond donors (Lipinski definition) is 2. The van der Waals surface area contributed by atoms with Crippen LogP contribution in [-0.4, -0.2) is 45.9 Å². The molecule has 3 amide bonds. The number of carbonyl (C=O) groups excluding carboxylic acids is 3. The van der Waals surface area contributed by atoms with E-state index in [4.69, 9.17) is 12.2 Å². The average molecular weight is 481 g/mol. The number of nitrogens with one attached hydrogen (secondary N) is 1. The SMILES string of the molecule is C#Cc1ccsc1[C@@H]1S[C@H](CC(=O)N(CC)c2c[nH]c3ccccc23)C(=O)N1CCC(N)=O. The predicted octanol–water partition coefficient (Wildman–Crippen LogP) is 3.47. The lowest BCUT2D eigenvalue weighted by molar-refractivity contribution is -0.132. The number of nitrogens with zero attached hydrogens (tertiary/aromatic N) is 2. The molecule has 1 aliphatic rings. The van der Waals surface area contributed by atoms with Gasteiger partial charge in [0.05, 0.1) is 15.8 Å². The number of amides is 3. The van der Waals surface area contributed by atoms with Crippen molar-refractivity contribution in [2.24, 2.45) is 5.73 Å². The van der Waals surface area contributed by atoms with Crippen molar-refractivity contribution in [3.05, 3.63) is 52.3 Å². The van der Waals surface area contributed by atoms with Crippen molar-refractivity contribution in [3.63, 3.8) is 0 Å². The molecule has 2 atom stereocenters. The summed E-state index contributed by atoms with van der Waals surface area (Å²) in [5.74, 6) is 1.87.